The van der Waals surface area contributed by atoms with Crippen molar-refractivity contribution in [3.05, 3.63) is 24.3 Å². The number of nitrogens with zero attached hydrogens (tertiary/aromatic N) is 2. The lowest BCUT2D eigenvalue weighted by molar-refractivity contribution is 0.0257. The summed E-state index contributed by atoms with van der Waals surface area (Å²) < 4.78 is 68.4. The average molecular weight is 481 g/mol. The van der Waals surface area contributed by atoms with Gasteiger partial charge in [0.25, 0.3) is 10.1 Å². The smallest absolute Gasteiger partial charge is 0.261 e. The zero-order chi connectivity index (χ0) is 22.9. The predicted molar refractivity (Wildman–Crippen MR) is 116 cm³/mol. The molecule has 0 aromatic heterocycles. The van der Waals surface area contributed by atoms with E-state index in [2.05, 4.69) is 9.80 Å². The largest absolute Gasteiger partial charge is 0.497 e. The first-order valence-corrected chi connectivity index (χ1v) is 13.4. The Morgan fingerprint density at radius 2 is 1.29 bits per heavy atom. The summed E-state index contributed by atoms with van der Waals surface area (Å²) in [6.07, 6.45) is 0.715. The van der Waals surface area contributed by atoms with E-state index in [1.165, 1.54) is 0 Å². The minimum atomic E-state index is -3.67. The van der Waals surface area contributed by atoms with Crippen molar-refractivity contribution < 1.29 is 35.6 Å². The highest BCUT2D eigenvalue weighted by Gasteiger charge is 2.32. The van der Waals surface area contributed by atoms with Crippen molar-refractivity contribution in [1.29, 1.82) is 0 Å². The molecule has 178 valence electrons. The van der Waals surface area contributed by atoms with Gasteiger partial charge in [0.2, 0.25) is 0 Å². The van der Waals surface area contributed by atoms with Crippen LogP contribution in [-0.2, 0) is 29.4 Å². The lowest BCUT2D eigenvalue weighted by Crippen LogP contribution is -2.49. The van der Waals surface area contributed by atoms with Crippen molar-refractivity contribution in [2.24, 2.45) is 0 Å². The van der Waals surface area contributed by atoms with Crippen LogP contribution < -0.4 is 4.74 Å². The maximum absolute atomic E-state index is 13.3. The van der Waals surface area contributed by atoms with Gasteiger partial charge in [0, 0.05) is 39.3 Å². The number of ether oxygens (including phenoxy) is 3. The Hall–Kier alpha value is -1.28. The van der Waals surface area contributed by atoms with E-state index in [4.69, 9.17) is 18.8 Å². The second-order valence-corrected chi connectivity index (χ2v) is 11.1. The molecule has 1 aromatic carbocycles. The first-order valence-electron chi connectivity index (χ1n) is 10.00. The summed E-state index contributed by atoms with van der Waals surface area (Å²) in [5.74, 6) is 0.654. The van der Waals surface area contributed by atoms with Gasteiger partial charge in [0.05, 0.1) is 49.9 Å². The third-order valence-corrected chi connectivity index (χ3v) is 7.06. The molecule has 0 bridgehead atoms. The van der Waals surface area contributed by atoms with Gasteiger partial charge in [-0.15, -0.1) is 0 Å². The molecule has 0 spiro atoms. The van der Waals surface area contributed by atoms with E-state index < -0.39 is 25.2 Å². The van der Waals surface area contributed by atoms with Crippen molar-refractivity contribution >= 4 is 20.0 Å². The summed E-state index contributed by atoms with van der Waals surface area (Å²) in [6, 6.07) is 6.68. The second-order valence-electron chi connectivity index (χ2n) is 7.40. The summed E-state index contributed by atoms with van der Waals surface area (Å²) in [4.78, 5) is 4.73. The Bertz CT molecular complexity index is 835. The molecule has 0 saturated carbocycles. The summed E-state index contributed by atoms with van der Waals surface area (Å²) in [6.45, 7) is 6.79. The zero-order valence-electron chi connectivity index (χ0n) is 18.0. The third-order valence-electron chi connectivity index (χ3n) is 4.96. The number of sulfone groups is 1. The zero-order valence-corrected chi connectivity index (χ0v) is 19.6. The summed E-state index contributed by atoms with van der Waals surface area (Å²) in [7, 11) is -5.54. The van der Waals surface area contributed by atoms with Gasteiger partial charge in [-0.05, 0) is 24.3 Å². The molecule has 2 aliphatic rings. The van der Waals surface area contributed by atoms with Crippen LogP contribution in [0.15, 0.2) is 29.2 Å². The number of benzene rings is 1. The number of hydrogen-bond acceptors (Lipinski definition) is 9. The molecule has 3 rings (SSSR count). The van der Waals surface area contributed by atoms with E-state index in [0.717, 1.165) is 26.2 Å². The predicted octanol–water partition coefficient (Wildman–Crippen LogP) is 0.00590. The van der Waals surface area contributed by atoms with E-state index in [9.17, 15) is 16.8 Å². The van der Waals surface area contributed by atoms with Gasteiger partial charge in [-0.25, -0.2) is 8.42 Å². The summed E-state index contributed by atoms with van der Waals surface area (Å²) >= 11 is 0. The normalized spacial score (nSPS) is 19.0. The van der Waals surface area contributed by atoms with Crippen LogP contribution in [0.1, 0.15) is 0 Å². The van der Waals surface area contributed by atoms with Crippen molar-refractivity contribution in [3.63, 3.8) is 0 Å². The first kappa shape index (κ1) is 26.0. The number of methoxy groups -OCH3 is 1. The number of rotatable bonds is 7. The fourth-order valence-electron chi connectivity index (χ4n) is 3.36. The van der Waals surface area contributed by atoms with E-state index in [1.54, 1.807) is 31.4 Å². The molecule has 1 aromatic rings. The van der Waals surface area contributed by atoms with Gasteiger partial charge in [0.1, 0.15) is 5.75 Å². The van der Waals surface area contributed by atoms with Crippen LogP contribution in [0.4, 0.5) is 0 Å². The van der Waals surface area contributed by atoms with Crippen LogP contribution in [0.25, 0.3) is 0 Å². The highest BCUT2D eigenvalue weighted by molar-refractivity contribution is 7.92. The molecule has 0 unspecified atom stereocenters. The summed E-state index contributed by atoms with van der Waals surface area (Å²) in [5.41, 5.74) is 0. The van der Waals surface area contributed by atoms with Crippen LogP contribution in [0, 0.1) is 0 Å². The molecular weight excluding hydrogens is 448 g/mol. The Balaban J connectivity index is 0.000000614. The topological polar surface area (TPSA) is 123 Å². The first-order chi connectivity index (χ1) is 14.6. The molecule has 0 radical (unpaired) electrons. The van der Waals surface area contributed by atoms with Crippen molar-refractivity contribution in [3.8, 4) is 5.75 Å². The minimum absolute atomic E-state index is 0.352. The number of morpholine rings is 2. The molecule has 1 N–H and O–H groups in total. The molecule has 0 atom stereocenters. The molecule has 2 fully saturated rings. The fraction of sp³-hybridized carbons (Fsp3) is 0.684. The third kappa shape index (κ3) is 9.39. The van der Waals surface area contributed by atoms with Crippen LogP contribution in [0.3, 0.4) is 0 Å². The molecule has 12 heteroatoms. The Morgan fingerprint density at radius 3 is 1.65 bits per heavy atom. The highest BCUT2D eigenvalue weighted by atomic mass is 32.2. The molecular formula is C19H32N2O8S2. The van der Waals surface area contributed by atoms with Gasteiger partial charge < -0.3 is 14.2 Å². The van der Waals surface area contributed by atoms with Crippen molar-refractivity contribution in [2.75, 3.05) is 79.1 Å². The minimum Gasteiger partial charge on any atom is -0.497 e. The Labute approximate surface area is 184 Å². The van der Waals surface area contributed by atoms with Crippen molar-refractivity contribution in [2.45, 2.75) is 10.1 Å². The quantitative estimate of drug-likeness (QED) is 0.534. The molecule has 10 nitrogen and oxygen atoms in total. The maximum Gasteiger partial charge on any atom is 0.261 e. The molecule has 0 amide bonds. The van der Waals surface area contributed by atoms with Gasteiger partial charge in [0.15, 0.2) is 9.84 Å². The van der Waals surface area contributed by atoms with Crippen LogP contribution in [0.5, 0.6) is 5.75 Å². The van der Waals surface area contributed by atoms with E-state index in [1.807, 2.05) is 0 Å². The molecule has 2 heterocycles. The fourth-order valence-corrected chi connectivity index (χ4v) is 5.07. The van der Waals surface area contributed by atoms with Crippen molar-refractivity contribution in [1.82, 2.24) is 9.80 Å². The molecule has 2 aliphatic heterocycles. The second kappa shape index (κ2) is 12.1. The van der Waals surface area contributed by atoms with Crippen LogP contribution in [-0.4, -0.2) is 115 Å². The van der Waals surface area contributed by atoms with Crippen LogP contribution >= 0.6 is 0 Å². The molecule has 2 saturated heterocycles. The monoisotopic (exact) mass is 480 g/mol. The van der Waals surface area contributed by atoms with Crippen LogP contribution in [0.2, 0.25) is 0 Å². The van der Waals surface area contributed by atoms with E-state index in [0.29, 0.717) is 56.4 Å². The molecule has 31 heavy (non-hydrogen) atoms. The van der Waals surface area contributed by atoms with Gasteiger partial charge in [-0.3, -0.25) is 14.4 Å². The standard InChI is InChI=1S/C18H28N2O5S.CH4O3S/c1-23-16-2-4-17(5-3-16)26(21,22)18(14-19-6-10-24-11-7-19)15-20-8-12-25-13-9-20;1-5(2,3)4/h2-5,18H,6-15H2,1H3;1H3,(H,2,3,4). The van der Waals surface area contributed by atoms with Gasteiger partial charge >= 0.3 is 0 Å². The summed E-state index contributed by atoms with van der Waals surface area (Å²) in [5, 5.41) is -0.480. The average Bonchev–Trinajstić information content (AvgIpc) is 2.73. The molecule has 0 aliphatic carbocycles. The van der Waals surface area contributed by atoms with E-state index >= 15 is 0 Å². The van der Waals surface area contributed by atoms with E-state index in [-0.39, 0.29) is 0 Å². The van der Waals surface area contributed by atoms with Gasteiger partial charge in [-0.1, -0.05) is 0 Å². The Morgan fingerprint density at radius 1 is 0.903 bits per heavy atom. The Kier molecular flexibility index (Phi) is 10.1. The lowest BCUT2D eigenvalue weighted by atomic mass is 10.3. The SMILES string of the molecule is COc1ccc(S(=O)(=O)C(CN2CCOCC2)CN2CCOCC2)cc1.CS(=O)(=O)O. The number of hydrogen-bond donors (Lipinski definition) is 1. The maximum atomic E-state index is 13.3. The highest BCUT2D eigenvalue weighted by Crippen LogP contribution is 2.22. The lowest BCUT2D eigenvalue weighted by Gasteiger charge is -2.34. The van der Waals surface area contributed by atoms with Gasteiger partial charge in [-0.2, -0.15) is 8.42 Å².